The molecule has 1 aromatic heterocycles. The van der Waals surface area contributed by atoms with Crippen molar-refractivity contribution in [2.45, 2.75) is 6.92 Å². The van der Waals surface area contributed by atoms with Gasteiger partial charge < -0.3 is 0 Å². The highest BCUT2D eigenvalue weighted by Gasteiger charge is 2.35. The van der Waals surface area contributed by atoms with Gasteiger partial charge in [-0.15, -0.1) is 0 Å². The smallest absolute Gasteiger partial charge is 0.282 e. The van der Waals surface area contributed by atoms with E-state index in [4.69, 9.17) is 5.41 Å². The number of nitrogens with zero attached hydrogens (tertiary/aromatic N) is 4. The van der Waals surface area contributed by atoms with Crippen molar-refractivity contribution < 1.29 is 4.79 Å². The van der Waals surface area contributed by atoms with E-state index in [0.717, 1.165) is 16.7 Å². The van der Waals surface area contributed by atoms with E-state index in [1.165, 1.54) is 16.8 Å². The minimum Gasteiger partial charge on any atom is -0.282 e. The molecule has 0 atom stereocenters. The summed E-state index contributed by atoms with van der Waals surface area (Å²) in [6.07, 6.45) is 5.05. The standard InChI is InChI=1S/C18H13N5OS/c1-11-4-6-12(7-5-11)9-14-15(19)23-18(21-16(14)24)25-17(22-23)13-3-2-8-20-10-13/h2-10,19H,1H3/b14-9+,19-15?. The molecular weight excluding hydrogens is 334 g/mol. The summed E-state index contributed by atoms with van der Waals surface area (Å²) in [6, 6.07) is 11.4. The molecule has 2 aromatic rings. The van der Waals surface area contributed by atoms with Crippen LogP contribution < -0.4 is 0 Å². The number of carbonyl (C=O) groups excluding carboxylic acids is 1. The van der Waals surface area contributed by atoms with Crippen LogP contribution in [0.25, 0.3) is 6.08 Å². The molecule has 1 amide bonds. The number of carbonyl (C=O) groups is 1. The van der Waals surface area contributed by atoms with E-state index in [0.29, 0.717) is 10.2 Å². The minimum atomic E-state index is -0.424. The van der Waals surface area contributed by atoms with Crippen molar-refractivity contribution in [3.8, 4) is 0 Å². The SMILES string of the molecule is Cc1ccc(/C=C2\C(=N)N3N=C(c4cccnc4)SC3=NC2=O)cc1. The Balaban J connectivity index is 1.69. The van der Waals surface area contributed by atoms with Crippen LogP contribution in [0.3, 0.4) is 0 Å². The lowest BCUT2D eigenvalue weighted by molar-refractivity contribution is -0.114. The fraction of sp³-hybridized carbons (Fsp3) is 0.0556. The summed E-state index contributed by atoms with van der Waals surface area (Å²) in [5, 5.41) is 15.3. The molecule has 1 aromatic carbocycles. The predicted octanol–water partition coefficient (Wildman–Crippen LogP) is 3.06. The van der Waals surface area contributed by atoms with Gasteiger partial charge in [-0.2, -0.15) is 15.1 Å². The molecule has 0 saturated heterocycles. The highest BCUT2D eigenvalue weighted by molar-refractivity contribution is 8.27. The van der Waals surface area contributed by atoms with Crippen LogP contribution in [0.15, 0.2) is 64.5 Å². The number of thioether (sulfide) groups is 1. The van der Waals surface area contributed by atoms with Gasteiger partial charge in [-0.3, -0.25) is 15.2 Å². The summed E-state index contributed by atoms with van der Waals surface area (Å²) in [5.41, 5.74) is 3.04. The Kier molecular flexibility index (Phi) is 3.77. The van der Waals surface area contributed by atoms with Crippen molar-refractivity contribution >= 4 is 39.8 Å². The third-order valence-electron chi connectivity index (χ3n) is 3.75. The minimum absolute atomic E-state index is 0.0296. The molecule has 0 fully saturated rings. The molecule has 0 unspecified atom stereocenters. The molecule has 0 bridgehead atoms. The topological polar surface area (TPSA) is 81.8 Å². The molecule has 4 rings (SSSR count). The maximum absolute atomic E-state index is 12.4. The van der Waals surface area contributed by atoms with E-state index in [1.54, 1.807) is 18.5 Å². The fourth-order valence-electron chi connectivity index (χ4n) is 2.43. The number of nitrogens with one attached hydrogen (secondary N) is 1. The molecular formula is C18H13N5OS. The number of pyridine rings is 1. The number of aliphatic imine (C=N–C) groups is 1. The normalized spacial score (nSPS) is 18.3. The van der Waals surface area contributed by atoms with E-state index in [2.05, 4.69) is 15.1 Å². The Morgan fingerprint density at radius 2 is 2.00 bits per heavy atom. The number of hydrazone groups is 1. The van der Waals surface area contributed by atoms with Gasteiger partial charge in [0.25, 0.3) is 5.91 Å². The van der Waals surface area contributed by atoms with Gasteiger partial charge in [-0.05, 0) is 42.5 Å². The summed E-state index contributed by atoms with van der Waals surface area (Å²) in [4.78, 5) is 20.5. The lowest BCUT2D eigenvalue weighted by atomic mass is 10.1. The molecule has 25 heavy (non-hydrogen) atoms. The Morgan fingerprint density at radius 1 is 1.20 bits per heavy atom. The van der Waals surface area contributed by atoms with Gasteiger partial charge in [-0.25, -0.2) is 0 Å². The van der Waals surface area contributed by atoms with Gasteiger partial charge in [-0.1, -0.05) is 29.8 Å². The summed E-state index contributed by atoms with van der Waals surface area (Å²) >= 11 is 1.26. The third-order valence-corrected chi connectivity index (χ3v) is 4.71. The number of hydrogen-bond acceptors (Lipinski definition) is 5. The largest absolute Gasteiger partial charge is 0.283 e. The molecule has 0 radical (unpaired) electrons. The van der Waals surface area contributed by atoms with Gasteiger partial charge in [0, 0.05) is 18.0 Å². The fourth-order valence-corrected chi connectivity index (χ4v) is 3.31. The first-order valence-corrected chi connectivity index (χ1v) is 8.41. The van der Waals surface area contributed by atoms with Crippen molar-refractivity contribution in [1.82, 2.24) is 9.99 Å². The summed E-state index contributed by atoms with van der Waals surface area (Å²) in [6.45, 7) is 2.00. The maximum atomic E-state index is 12.4. The van der Waals surface area contributed by atoms with Gasteiger partial charge in [0.1, 0.15) is 5.04 Å². The second-order valence-corrected chi connectivity index (χ2v) is 6.53. The first-order valence-electron chi connectivity index (χ1n) is 7.59. The summed E-state index contributed by atoms with van der Waals surface area (Å²) in [7, 11) is 0. The van der Waals surface area contributed by atoms with E-state index >= 15 is 0 Å². The molecule has 1 N–H and O–H groups in total. The molecule has 2 aliphatic rings. The van der Waals surface area contributed by atoms with Crippen LogP contribution in [-0.2, 0) is 4.79 Å². The van der Waals surface area contributed by atoms with E-state index in [9.17, 15) is 4.79 Å². The first kappa shape index (κ1) is 15.5. The van der Waals surface area contributed by atoms with Crippen LogP contribution >= 0.6 is 11.8 Å². The number of amidine groups is 2. The second-order valence-electron chi connectivity index (χ2n) is 5.58. The zero-order valence-electron chi connectivity index (χ0n) is 13.3. The van der Waals surface area contributed by atoms with E-state index in [-0.39, 0.29) is 11.4 Å². The molecule has 0 aliphatic carbocycles. The number of aromatic nitrogens is 1. The van der Waals surface area contributed by atoms with E-state index in [1.807, 2.05) is 43.3 Å². The number of rotatable bonds is 2. The highest BCUT2D eigenvalue weighted by atomic mass is 32.2. The van der Waals surface area contributed by atoms with Crippen molar-refractivity contribution in [2.75, 3.05) is 0 Å². The van der Waals surface area contributed by atoms with Crippen LogP contribution in [0.4, 0.5) is 0 Å². The van der Waals surface area contributed by atoms with Crippen molar-refractivity contribution in [3.05, 3.63) is 71.1 Å². The monoisotopic (exact) mass is 347 g/mol. The van der Waals surface area contributed by atoms with Crippen LogP contribution in [0.2, 0.25) is 0 Å². The van der Waals surface area contributed by atoms with Gasteiger partial charge in [0.15, 0.2) is 5.84 Å². The van der Waals surface area contributed by atoms with E-state index < -0.39 is 5.91 Å². The first-order chi connectivity index (χ1) is 12.1. The molecule has 0 spiro atoms. The van der Waals surface area contributed by atoms with Gasteiger partial charge >= 0.3 is 0 Å². The van der Waals surface area contributed by atoms with Crippen molar-refractivity contribution in [1.29, 1.82) is 5.41 Å². The Hall–Kier alpha value is -3.06. The molecule has 7 heteroatoms. The Labute approximate surface area is 148 Å². The molecule has 6 nitrogen and oxygen atoms in total. The van der Waals surface area contributed by atoms with Crippen LogP contribution in [0.5, 0.6) is 0 Å². The number of hydrogen-bond donors (Lipinski definition) is 1. The lowest BCUT2D eigenvalue weighted by Crippen LogP contribution is -2.35. The van der Waals surface area contributed by atoms with Crippen LogP contribution in [0, 0.1) is 12.3 Å². The average molecular weight is 347 g/mol. The van der Waals surface area contributed by atoms with Crippen molar-refractivity contribution in [2.24, 2.45) is 10.1 Å². The van der Waals surface area contributed by atoms with Gasteiger partial charge in [0.05, 0.1) is 5.57 Å². The van der Waals surface area contributed by atoms with Gasteiger partial charge in [0.2, 0.25) is 5.17 Å². The maximum Gasteiger partial charge on any atom is 0.283 e. The Morgan fingerprint density at radius 3 is 2.72 bits per heavy atom. The van der Waals surface area contributed by atoms with Crippen molar-refractivity contribution in [3.63, 3.8) is 0 Å². The number of aryl methyl sites for hydroxylation is 1. The van der Waals surface area contributed by atoms with Crippen LogP contribution in [-0.4, -0.2) is 31.9 Å². The zero-order valence-corrected chi connectivity index (χ0v) is 14.1. The summed E-state index contributed by atoms with van der Waals surface area (Å²) < 4.78 is 0. The third kappa shape index (κ3) is 2.89. The second kappa shape index (κ2) is 6.10. The zero-order chi connectivity index (χ0) is 17.4. The average Bonchev–Trinajstić information content (AvgIpc) is 3.05. The number of fused-ring (bicyclic) bond motifs is 1. The molecule has 0 saturated carbocycles. The number of amides is 1. The predicted molar refractivity (Wildman–Crippen MR) is 99.5 cm³/mol. The quantitative estimate of drug-likeness (QED) is 0.847. The molecule has 3 heterocycles. The molecule has 122 valence electrons. The number of benzene rings is 1. The highest BCUT2D eigenvalue weighted by Crippen LogP contribution is 2.30. The Bertz CT molecular complexity index is 961. The lowest BCUT2D eigenvalue weighted by Gasteiger charge is -2.20. The molecule has 2 aliphatic heterocycles. The van der Waals surface area contributed by atoms with Crippen LogP contribution in [0.1, 0.15) is 16.7 Å². The summed E-state index contributed by atoms with van der Waals surface area (Å²) in [5.74, 6) is -0.395.